The Labute approximate surface area is 109 Å². The summed E-state index contributed by atoms with van der Waals surface area (Å²) >= 11 is 0. The molecule has 0 unspecified atom stereocenters. The zero-order chi connectivity index (χ0) is 13.8. The molecule has 100 valence electrons. The molecule has 0 aliphatic heterocycles. The Morgan fingerprint density at radius 2 is 2.11 bits per heavy atom. The predicted molar refractivity (Wildman–Crippen MR) is 71.8 cm³/mol. The number of benzene rings is 1. The Hall–Kier alpha value is -2.34. The normalized spacial score (nSPS) is 10.4. The lowest BCUT2D eigenvalue weighted by molar-refractivity contribution is 0.298. The van der Waals surface area contributed by atoms with Gasteiger partial charge < -0.3 is 15.5 Å². The molecule has 19 heavy (non-hydrogen) atoms. The number of para-hydroxylation sites is 2. The van der Waals surface area contributed by atoms with E-state index in [4.69, 9.17) is 5.11 Å². The first-order valence-corrected chi connectivity index (χ1v) is 5.87. The first kappa shape index (κ1) is 13.1. The topological polar surface area (TPSA) is 98.2 Å². The van der Waals surface area contributed by atoms with Gasteiger partial charge in [-0.25, -0.2) is 4.98 Å². The van der Waals surface area contributed by atoms with E-state index in [0.717, 1.165) is 0 Å². The number of H-pyrrole nitrogens is 1. The van der Waals surface area contributed by atoms with E-state index in [2.05, 4.69) is 15.3 Å². The van der Waals surface area contributed by atoms with Crippen LogP contribution < -0.4 is 10.9 Å². The van der Waals surface area contributed by atoms with Crippen LogP contribution in [0.25, 0.3) is 0 Å². The number of nitrogens with one attached hydrogen (secondary N) is 2. The predicted octanol–water partition coefficient (Wildman–Crippen LogP) is 1.06. The lowest BCUT2D eigenvalue weighted by Crippen LogP contribution is -2.19. The number of anilines is 2. The number of nitrogens with zero attached hydrogens (tertiary/aromatic N) is 1. The fourth-order valence-corrected chi connectivity index (χ4v) is 1.78. The van der Waals surface area contributed by atoms with Gasteiger partial charge in [-0.2, -0.15) is 0 Å². The molecule has 1 aromatic heterocycles. The molecular formula is C13H15N3O3. The Kier molecular flexibility index (Phi) is 3.82. The van der Waals surface area contributed by atoms with Crippen molar-refractivity contribution in [1.82, 2.24) is 9.97 Å². The number of hydrogen-bond donors (Lipinski definition) is 4. The summed E-state index contributed by atoms with van der Waals surface area (Å²) in [5, 5.41) is 21.4. The zero-order valence-corrected chi connectivity index (χ0v) is 10.5. The quantitative estimate of drug-likeness (QED) is 0.617. The molecule has 0 bridgehead atoms. The van der Waals surface area contributed by atoms with Crippen molar-refractivity contribution in [1.29, 1.82) is 0 Å². The number of aromatic hydroxyl groups is 1. The van der Waals surface area contributed by atoms with Crippen molar-refractivity contribution in [2.75, 3.05) is 11.9 Å². The van der Waals surface area contributed by atoms with E-state index in [-0.39, 0.29) is 30.3 Å². The third-order valence-corrected chi connectivity index (χ3v) is 2.74. The maximum Gasteiger partial charge on any atom is 0.255 e. The van der Waals surface area contributed by atoms with Gasteiger partial charge in [-0.3, -0.25) is 9.78 Å². The Balaban J connectivity index is 2.33. The van der Waals surface area contributed by atoms with Crippen LogP contribution in [0.2, 0.25) is 0 Å². The lowest BCUT2D eigenvalue weighted by atomic mass is 10.2. The van der Waals surface area contributed by atoms with E-state index in [0.29, 0.717) is 16.9 Å². The average molecular weight is 261 g/mol. The number of phenols is 1. The fourth-order valence-electron chi connectivity index (χ4n) is 1.78. The molecule has 0 amide bonds. The second-order valence-corrected chi connectivity index (χ2v) is 4.09. The highest BCUT2D eigenvalue weighted by molar-refractivity contribution is 5.61. The van der Waals surface area contributed by atoms with Crippen LogP contribution in [0.4, 0.5) is 11.6 Å². The summed E-state index contributed by atoms with van der Waals surface area (Å²) in [6.45, 7) is 1.61. The average Bonchev–Trinajstić information content (AvgIpc) is 2.37. The minimum absolute atomic E-state index is 0.0715. The molecule has 6 nitrogen and oxygen atoms in total. The summed E-state index contributed by atoms with van der Waals surface area (Å²) in [6, 6.07) is 6.67. The highest BCUT2D eigenvalue weighted by atomic mass is 16.3. The highest BCUT2D eigenvalue weighted by Gasteiger charge is 2.08. The largest absolute Gasteiger partial charge is 0.506 e. The van der Waals surface area contributed by atoms with E-state index < -0.39 is 0 Å². The molecule has 0 fully saturated rings. The van der Waals surface area contributed by atoms with Crippen LogP contribution in [0.15, 0.2) is 29.1 Å². The van der Waals surface area contributed by atoms with Crippen molar-refractivity contribution in [3.05, 3.63) is 45.9 Å². The Morgan fingerprint density at radius 1 is 1.37 bits per heavy atom. The van der Waals surface area contributed by atoms with Crippen molar-refractivity contribution in [3.8, 4) is 5.75 Å². The first-order chi connectivity index (χ1) is 9.11. The van der Waals surface area contributed by atoms with Gasteiger partial charge in [-0.1, -0.05) is 12.1 Å². The number of aromatic amines is 1. The number of aliphatic hydroxyl groups is 1. The molecule has 0 saturated heterocycles. The Morgan fingerprint density at radius 3 is 2.74 bits per heavy atom. The minimum Gasteiger partial charge on any atom is -0.506 e. The van der Waals surface area contributed by atoms with Crippen molar-refractivity contribution in [2.24, 2.45) is 0 Å². The van der Waals surface area contributed by atoms with E-state index in [1.807, 2.05) is 0 Å². The zero-order valence-electron chi connectivity index (χ0n) is 10.5. The first-order valence-electron chi connectivity index (χ1n) is 5.87. The molecule has 0 spiro atoms. The molecule has 1 aromatic carbocycles. The molecule has 2 aromatic rings. The molecular weight excluding hydrogens is 246 g/mol. The fraction of sp³-hybridized carbons (Fsp3) is 0.231. The van der Waals surface area contributed by atoms with Crippen molar-refractivity contribution >= 4 is 11.6 Å². The van der Waals surface area contributed by atoms with Crippen LogP contribution >= 0.6 is 0 Å². The molecule has 2 rings (SSSR count). The summed E-state index contributed by atoms with van der Waals surface area (Å²) in [4.78, 5) is 18.6. The van der Waals surface area contributed by atoms with Crippen molar-refractivity contribution in [3.63, 3.8) is 0 Å². The van der Waals surface area contributed by atoms with Gasteiger partial charge in [0.1, 0.15) is 5.75 Å². The van der Waals surface area contributed by atoms with Crippen LogP contribution in [0.5, 0.6) is 5.75 Å². The van der Waals surface area contributed by atoms with Gasteiger partial charge in [0.25, 0.3) is 5.56 Å². The molecule has 0 aliphatic rings. The smallest absolute Gasteiger partial charge is 0.255 e. The second kappa shape index (κ2) is 5.53. The molecule has 1 heterocycles. The summed E-state index contributed by atoms with van der Waals surface area (Å²) in [7, 11) is 0. The maximum atomic E-state index is 11.8. The van der Waals surface area contributed by atoms with Crippen LogP contribution in [0.1, 0.15) is 11.3 Å². The van der Waals surface area contributed by atoms with E-state index in [1.54, 1.807) is 25.1 Å². The lowest BCUT2D eigenvalue weighted by Gasteiger charge is -2.09. The maximum absolute atomic E-state index is 11.8. The van der Waals surface area contributed by atoms with E-state index >= 15 is 0 Å². The summed E-state index contributed by atoms with van der Waals surface area (Å²) in [5.74, 6) is 0.327. The molecule has 0 saturated carbocycles. The minimum atomic E-state index is -0.292. The van der Waals surface area contributed by atoms with Gasteiger partial charge >= 0.3 is 0 Å². The number of hydrogen-bond acceptors (Lipinski definition) is 5. The van der Waals surface area contributed by atoms with E-state index in [1.165, 1.54) is 6.07 Å². The molecule has 6 heteroatoms. The van der Waals surface area contributed by atoms with Crippen LogP contribution in [0, 0.1) is 6.92 Å². The number of aromatic nitrogens is 2. The van der Waals surface area contributed by atoms with Gasteiger partial charge in [0, 0.05) is 18.6 Å². The van der Waals surface area contributed by atoms with Crippen LogP contribution in [-0.2, 0) is 6.42 Å². The third-order valence-electron chi connectivity index (χ3n) is 2.74. The number of phenolic OH excluding ortho intramolecular Hbond substituents is 1. The van der Waals surface area contributed by atoms with E-state index in [9.17, 15) is 9.90 Å². The standard InChI is InChI=1S/C13H15N3O3/c1-8-9(6-7-17)12(19)16-13(14-8)15-10-4-2-3-5-11(10)18/h2-5,17-18H,6-7H2,1H3,(H2,14,15,16,19). The summed E-state index contributed by atoms with van der Waals surface area (Å²) in [6.07, 6.45) is 0.269. The van der Waals surface area contributed by atoms with Crippen LogP contribution in [0.3, 0.4) is 0 Å². The number of aryl methyl sites for hydroxylation is 1. The highest BCUT2D eigenvalue weighted by Crippen LogP contribution is 2.23. The summed E-state index contributed by atoms with van der Waals surface area (Å²) < 4.78 is 0. The molecule has 0 atom stereocenters. The van der Waals surface area contributed by atoms with Crippen LogP contribution in [-0.4, -0.2) is 26.8 Å². The monoisotopic (exact) mass is 261 g/mol. The Bertz CT molecular complexity index is 637. The number of aliphatic hydroxyl groups excluding tert-OH is 1. The third kappa shape index (κ3) is 2.92. The van der Waals surface area contributed by atoms with Gasteiger partial charge in [0.2, 0.25) is 5.95 Å². The SMILES string of the molecule is Cc1nc(Nc2ccccc2O)[nH]c(=O)c1CCO. The summed E-state index contributed by atoms with van der Waals surface area (Å²) in [5.41, 5.74) is 1.18. The molecule has 0 radical (unpaired) electrons. The van der Waals surface area contributed by atoms with Gasteiger partial charge in [-0.05, 0) is 19.1 Å². The van der Waals surface area contributed by atoms with Gasteiger partial charge in [0.15, 0.2) is 0 Å². The molecule has 0 aliphatic carbocycles. The number of rotatable bonds is 4. The van der Waals surface area contributed by atoms with Crippen molar-refractivity contribution in [2.45, 2.75) is 13.3 Å². The van der Waals surface area contributed by atoms with Crippen molar-refractivity contribution < 1.29 is 10.2 Å². The second-order valence-electron chi connectivity index (χ2n) is 4.09. The van der Waals surface area contributed by atoms with Gasteiger partial charge in [-0.15, -0.1) is 0 Å². The van der Waals surface area contributed by atoms with Gasteiger partial charge in [0.05, 0.1) is 11.4 Å². The molecule has 4 N–H and O–H groups in total.